The van der Waals surface area contributed by atoms with E-state index in [9.17, 15) is 4.79 Å². The smallest absolute Gasteiger partial charge is 0.233 e. The maximum Gasteiger partial charge on any atom is 0.233 e. The topological polar surface area (TPSA) is 166 Å². The van der Waals surface area contributed by atoms with Crippen LogP contribution in [-0.2, 0) is 33.7 Å². The summed E-state index contributed by atoms with van der Waals surface area (Å²) in [5.41, 5.74) is 8.29. The minimum atomic E-state index is -0.0684. The Balaban J connectivity index is 1.27. The summed E-state index contributed by atoms with van der Waals surface area (Å²) in [6.07, 6.45) is 7.51. The zero-order valence-corrected chi connectivity index (χ0v) is 25.0. The van der Waals surface area contributed by atoms with Crippen LogP contribution in [0.3, 0.4) is 0 Å². The van der Waals surface area contributed by atoms with Crippen molar-refractivity contribution < 1.29 is 14.3 Å². The number of amides is 1. The summed E-state index contributed by atoms with van der Waals surface area (Å²) in [5, 5.41) is 12.8. The van der Waals surface area contributed by atoms with E-state index in [1.54, 1.807) is 12.5 Å². The lowest BCUT2D eigenvalue weighted by atomic mass is 10.1. The number of aryl methyl sites for hydroxylation is 1. The van der Waals surface area contributed by atoms with Crippen LogP contribution in [0.25, 0.3) is 0 Å². The van der Waals surface area contributed by atoms with Gasteiger partial charge in [-0.25, -0.2) is 4.98 Å². The van der Waals surface area contributed by atoms with Crippen LogP contribution in [0, 0.1) is 0 Å². The Kier molecular flexibility index (Phi) is 13.8. The number of nitrogens with one attached hydrogen (secondary N) is 4. The lowest BCUT2D eigenvalue weighted by molar-refractivity contribution is -0.120. The van der Waals surface area contributed by atoms with E-state index >= 15 is 0 Å². The minimum Gasteiger partial charge on any atom is -0.378 e. The third kappa shape index (κ3) is 12.3. The molecule has 0 atom stereocenters. The van der Waals surface area contributed by atoms with Gasteiger partial charge in [0.05, 0.1) is 39.2 Å². The normalized spacial score (nSPS) is 10.8. The van der Waals surface area contributed by atoms with Gasteiger partial charge in [0.15, 0.2) is 0 Å². The number of nitrogens with zero attached hydrogens (tertiary/aromatic N) is 5. The molecule has 0 aliphatic heterocycles. The number of carbonyl (C=O) groups is 1. The Labute approximate surface area is 258 Å². The van der Waals surface area contributed by atoms with E-state index in [1.165, 1.54) is 5.56 Å². The molecule has 44 heavy (non-hydrogen) atoms. The summed E-state index contributed by atoms with van der Waals surface area (Å²) in [7, 11) is 0. The molecular formula is C31H42N10O3. The maximum atomic E-state index is 12.3. The Hall–Kier alpha value is -4.59. The van der Waals surface area contributed by atoms with Crippen molar-refractivity contribution in [3.05, 3.63) is 84.4 Å². The van der Waals surface area contributed by atoms with Crippen molar-refractivity contribution in [3.63, 3.8) is 0 Å². The monoisotopic (exact) mass is 602 g/mol. The van der Waals surface area contributed by atoms with Crippen LogP contribution in [0.2, 0.25) is 0 Å². The zero-order valence-electron chi connectivity index (χ0n) is 25.0. The molecule has 0 aliphatic carbocycles. The highest BCUT2D eigenvalue weighted by atomic mass is 16.5. The maximum absolute atomic E-state index is 12.3. The van der Waals surface area contributed by atoms with Crippen LogP contribution in [-0.4, -0.2) is 83.0 Å². The predicted molar refractivity (Wildman–Crippen MR) is 171 cm³/mol. The van der Waals surface area contributed by atoms with Gasteiger partial charge in [-0.3, -0.25) is 4.79 Å². The summed E-state index contributed by atoms with van der Waals surface area (Å²) in [6, 6.07) is 17.9. The largest absolute Gasteiger partial charge is 0.378 e. The molecule has 0 spiro atoms. The molecule has 6 N–H and O–H groups in total. The molecule has 0 aliphatic rings. The molecule has 2 aromatic carbocycles. The second-order valence-corrected chi connectivity index (χ2v) is 9.91. The zero-order chi connectivity index (χ0) is 30.7. The molecule has 0 radical (unpaired) electrons. The fourth-order valence-electron chi connectivity index (χ4n) is 4.18. The molecule has 0 saturated carbocycles. The first kappa shape index (κ1) is 32.3. The molecule has 0 saturated heterocycles. The first-order valence-corrected chi connectivity index (χ1v) is 14.9. The Morgan fingerprint density at radius 2 is 1.52 bits per heavy atom. The van der Waals surface area contributed by atoms with Crippen molar-refractivity contribution in [1.29, 1.82) is 0 Å². The summed E-state index contributed by atoms with van der Waals surface area (Å²) in [5.74, 6) is 1.31. The third-order valence-electron chi connectivity index (χ3n) is 6.39. The molecule has 2 heterocycles. The predicted octanol–water partition coefficient (Wildman–Crippen LogP) is 2.62. The fraction of sp³-hybridized carbons (Fsp3) is 0.387. The van der Waals surface area contributed by atoms with E-state index in [0.29, 0.717) is 70.5 Å². The van der Waals surface area contributed by atoms with E-state index in [0.717, 1.165) is 30.6 Å². The van der Waals surface area contributed by atoms with Crippen LogP contribution in [0.1, 0.15) is 17.5 Å². The van der Waals surface area contributed by atoms with E-state index in [4.69, 9.17) is 15.2 Å². The van der Waals surface area contributed by atoms with Gasteiger partial charge in [0.1, 0.15) is 0 Å². The molecule has 13 heteroatoms. The number of imidazole rings is 1. The fourth-order valence-corrected chi connectivity index (χ4v) is 4.18. The third-order valence-corrected chi connectivity index (χ3v) is 6.39. The summed E-state index contributed by atoms with van der Waals surface area (Å²) >= 11 is 0. The molecule has 234 valence electrons. The van der Waals surface area contributed by atoms with Crippen molar-refractivity contribution in [1.82, 2.24) is 29.8 Å². The molecule has 0 bridgehead atoms. The number of aromatic nitrogens is 5. The number of benzene rings is 2. The summed E-state index contributed by atoms with van der Waals surface area (Å²) in [6.45, 7) is 5.06. The first-order chi connectivity index (χ1) is 21.7. The molecule has 0 fully saturated rings. The molecule has 0 unspecified atom stereocenters. The van der Waals surface area contributed by atoms with E-state index in [1.807, 2.05) is 53.2 Å². The molecule has 4 aromatic rings. The SMILES string of the molecule is NCCOCCOCCNC(=O)Cc1ccc(Nc2nc(NCCCn3ccnc3)nc(NCCc3ccccc3)n2)cc1. The standard InChI is InChI=1S/C31H42N10O3/c32-12-19-43-21-22-44-20-16-34-28(42)23-26-7-9-27(10-8-26)37-31-39-29(35-13-4-17-41-18-15-33-24-41)38-30(40-31)36-14-11-25-5-2-1-3-6-25/h1-3,5-10,15,18,24H,4,11-14,16-17,19-23,32H2,(H,34,42)(H3,35,36,37,38,39,40). The number of hydrogen-bond donors (Lipinski definition) is 5. The van der Waals surface area contributed by atoms with Gasteiger partial charge < -0.3 is 41.0 Å². The van der Waals surface area contributed by atoms with E-state index in [-0.39, 0.29) is 12.3 Å². The van der Waals surface area contributed by atoms with Crippen molar-refractivity contribution in [2.75, 3.05) is 68.6 Å². The second-order valence-electron chi connectivity index (χ2n) is 9.91. The molecule has 2 aromatic heterocycles. The van der Waals surface area contributed by atoms with Crippen LogP contribution in [0.15, 0.2) is 73.3 Å². The highest BCUT2D eigenvalue weighted by Gasteiger charge is 2.09. The van der Waals surface area contributed by atoms with Crippen LogP contribution < -0.4 is 27.0 Å². The lowest BCUT2D eigenvalue weighted by Crippen LogP contribution is -2.29. The van der Waals surface area contributed by atoms with Crippen molar-refractivity contribution in [2.24, 2.45) is 5.73 Å². The van der Waals surface area contributed by atoms with Gasteiger partial charge in [-0.05, 0) is 36.1 Å². The number of carbonyl (C=O) groups excluding carboxylic acids is 1. The summed E-state index contributed by atoms with van der Waals surface area (Å²) in [4.78, 5) is 30.1. The highest BCUT2D eigenvalue weighted by Crippen LogP contribution is 2.17. The number of nitrogens with two attached hydrogens (primary N) is 1. The van der Waals surface area contributed by atoms with Gasteiger partial charge in [0.2, 0.25) is 23.8 Å². The Morgan fingerprint density at radius 1 is 0.795 bits per heavy atom. The van der Waals surface area contributed by atoms with Gasteiger partial charge in [-0.1, -0.05) is 42.5 Å². The van der Waals surface area contributed by atoms with Gasteiger partial charge >= 0.3 is 0 Å². The molecular weight excluding hydrogens is 560 g/mol. The number of rotatable bonds is 21. The van der Waals surface area contributed by atoms with E-state index < -0.39 is 0 Å². The van der Waals surface area contributed by atoms with Crippen molar-refractivity contribution >= 4 is 29.4 Å². The Morgan fingerprint density at radius 3 is 2.25 bits per heavy atom. The number of hydrogen-bond acceptors (Lipinski definition) is 11. The van der Waals surface area contributed by atoms with Gasteiger partial charge in [-0.15, -0.1) is 0 Å². The second kappa shape index (κ2) is 18.8. The molecule has 4 rings (SSSR count). The van der Waals surface area contributed by atoms with Gasteiger partial charge in [-0.2, -0.15) is 15.0 Å². The van der Waals surface area contributed by atoms with Crippen molar-refractivity contribution in [2.45, 2.75) is 25.8 Å². The van der Waals surface area contributed by atoms with Crippen LogP contribution >= 0.6 is 0 Å². The average Bonchev–Trinajstić information content (AvgIpc) is 3.56. The van der Waals surface area contributed by atoms with E-state index in [2.05, 4.69) is 53.3 Å². The average molecular weight is 603 g/mol. The lowest BCUT2D eigenvalue weighted by Gasteiger charge is -2.12. The highest BCUT2D eigenvalue weighted by molar-refractivity contribution is 5.78. The van der Waals surface area contributed by atoms with Gasteiger partial charge in [0.25, 0.3) is 0 Å². The first-order valence-electron chi connectivity index (χ1n) is 14.9. The quantitative estimate of drug-likeness (QED) is 0.0890. The van der Waals surface area contributed by atoms with Crippen molar-refractivity contribution in [3.8, 4) is 0 Å². The molecule has 1 amide bonds. The Bertz CT molecular complexity index is 1360. The minimum absolute atomic E-state index is 0.0684. The van der Waals surface area contributed by atoms with Crippen LogP contribution in [0.4, 0.5) is 23.5 Å². The summed E-state index contributed by atoms with van der Waals surface area (Å²) < 4.78 is 12.7. The number of ether oxygens (including phenoxy) is 2. The number of anilines is 4. The van der Waals surface area contributed by atoms with Gasteiger partial charge in [0, 0.05) is 50.8 Å². The van der Waals surface area contributed by atoms with Crippen LogP contribution in [0.5, 0.6) is 0 Å². The molecule has 13 nitrogen and oxygen atoms in total.